The summed E-state index contributed by atoms with van der Waals surface area (Å²) < 4.78 is 5.54. The van der Waals surface area contributed by atoms with Gasteiger partial charge in [0, 0.05) is 26.2 Å². The first-order chi connectivity index (χ1) is 17.9. The summed E-state index contributed by atoms with van der Waals surface area (Å²) in [7, 11) is 0. The molecule has 1 unspecified atom stereocenters. The SMILES string of the molecule is CCOc1ccc(CN2CCCC(C(=O)N3CCC(Cc4ccccc4)CC3)C2)cc1.O=C(O)C(=O)O. The van der Waals surface area contributed by atoms with E-state index in [9.17, 15) is 4.79 Å². The molecule has 0 aliphatic carbocycles. The Hall–Kier alpha value is -3.39. The summed E-state index contributed by atoms with van der Waals surface area (Å²) >= 11 is 0. The number of benzene rings is 2. The zero-order valence-electron chi connectivity index (χ0n) is 21.6. The molecule has 1 amide bonds. The Morgan fingerprint density at radius 2 is 1.51 bits per heavy atom. The van der Waals surface area contributed by atoms with Gasteiger partial charge in [-0.3, -0.25) is 9.69 Å². The van der Waals surface area contributed by atoms with Crippen LogP contribution in [0.15, 0.2) is 54.6 Å². The molecule has 0 spiro atoms. The predicted octanol–water partition coefficient (Wildman–Crippen LogP) is 3.93. The number of hydrogen-bond donors (Lipinski definition) is 2. The highest BCUT2D eigenvalue weighted by Gasteiger charge is 2.31. The lowest BCUT2D eigenvalue weighted by Crippen LogP contribution is -2.47. The third-order valence-corrected chi connectivity index (χ3v) is 6.97. The second-order valence-corrected chi connectivity index (χ2v) is 9.72. The summed E-state index contributed by atoms with van der Waals surface area (Å²) in [4.78, 5) is 36.0. The molecule has 8 heteroatoms. The van der Waals surface area contributed by atoms with Crippen molar-refractivity contribution in [3.05, 3.63) is 65.7 Å². The van der Waals surface area contributed by atoms with E-state index in [1.54, 1.807) is 0 Å². The lowest BCUT2D eigenvalue weighted by atomic mass is 9.89. The summed E-state index contributed by atoms with van der Waals surface area (Å²) in [6.45, 7) is 7.42. The highest BCUT2D eigenvalue weighted by molar-refractivity contribution is 6.27. The van der Waals surface area contributed by atoms with Crippen LogP contribution in [0.4, 0.5) is 0 Å². The van der Waals surface area contributed by atoms with Crippen molar-refractivity contribution < 1.29 is 29.3 Å². The molecule has 2 saturated heterocycles. The number of nitrogens with zero attached hydrogens (tertiary/aromatic N) is 2. The molecule has 2 N–H and O–H groups in total. The van der Waals surface area contributed by atoms with Crippen LogP contribution in [0, 0.1) is 11.8 Å². The number of likely N-dealkylation sites (tertiary alicyclic amines) is 2. The number of carboxylic acids is 2. The molecule has 0 radical (unpaired) electrons. The minimum Gasteiger partial charge on any atom is -0.494 e. The van der Waals surface area contributed by atoms with Gasteiger partial charge >= 0.3 is 11.9 Å². The molecular formula is C29H38N2O6. The van der Waals surface area contributed by atoms with Crippen molar-refractivity contribution in [3.63, 3.8) is 0 Å². The van der Waals surface area contributed by atoms with Gasteiger partial charge < -0.3 is 19.8 Å². The van der Waals surface area contributed by atoms with Crippen molar-refractivity contribution in [2.45, 2.75) is 45.6 Å². The molecule has 0 bridgehead atoms. The molecular weight excluding hydrogens is 472 g/mol. The van der Waals surface area contributed by atoms with Crippen LogP contribution in [-0.2, 0) is 27.3 Å². The van der Waals surface area contributed by atoms with Gasteiger partial charge in [-0.25, -0.2) is 9.59 Å². The van der Waals surface area contributed by atoms with Gasteiger partial charge in [-0.1, -0.05) is 42.5 Å². The van der Waals surface area contributed by atoms with E-state index in [-0.39, 0.29) is 5.92 Å². The Morgan fingerprint density at radius 1 is 0.865 bits per heavy atom. The average molecular weight is 511 g/mol. The third kappa shape index (κ3) is 9.21. The molecule has 2 fully saturated rings. The average Bonchev–Trinajstić information content (AvgIpc) is 2.91. The predicted molar refractivity (Wildman–Crippen MR) is 140 cm³/mol. The molecule has 0 saturated carbocycles. The van der Waals surface area contributed by atoms with E-state index in [2.05, 4.69) is 52.3 Å². The minimum atomic E-state index is -1.82. The lowest BCUT2D eigenvalue weighted by molar-refractivity contribution is -0.159. The second kappa shape index (κ2) is 14.4. The van der Waals surface area contributed by atoms with Crippen molar-refractivity contribution in [1.29, 1.82) is 0 Å². The number of rotatable bonds is 7. The van der Waals surface area contributed by atoms with Crippen molar-refractivity contribution in [3.8, 4) is 5.75 Å². The van der Waals surface area contributed by atoms with Crippen molar-refractivity contribution in [1.82, 2.24) is 9.80 Å². The molecule has 2 aromatic carbocycles. The van der Waals surface area contributed by atoms with Gasteiger partial charge in [0.05, 0.1) is 12.5 Å². The highest BCUT2D eigenvalue weighted by atomic mass is 16.5. The molecule has 0 aromatic heterocycles. The summed E-state index contributed by atoms with van der Waals surface area (Å²) in [5.74, 6) is -1.48. The number of carbonyl (C=O) groups is 3. The van der Waals surface area contributed by atoms with E-state index in [4.69, 9.17) is 24.5 Å². The molecule has 1 atom stereocenters. The Kier molecular flexibility index (Phi) is 11.0. The number of aliphatic carboxylic acids is 2. The first kappa shape index (κ1) is 28.2. The van der Waals surface area contributed by atoms with Gasteiger partial charge in [0.15, 0.2) is 0 Å². The zero-order valence-corrected chi connectivity index (χ0v) is 21.6. The van der Waals surface area contributed by atoms with Crippen LogP contribution in [-0.4, -0.2) is 70.6 Å². The third-order valence-electron chi connectivity index (χ3n) is 6.97. The number of piperidine rings is 2. The first-order valence-corrected chi connectivity index (χ1v) is 13.1. The number of ether oxygens (including phenoxy) is 1. The van der Waals surface area contributed by atoms with Crippen LogP contribution in [0.5, 0.6) is 5.75 Å². The highest BCUT2D eigenvalue weighted by Crippen LogP contribution is 2.26. The van der Waals surface area contributed by atoms with E-state index in [0.717, 1.165) is 70.6 Å². The molecule has 200 valence electrons. The Labute approximate surface area is 218 Å². The minimum absolute atomic E-state index is 0.155. The van der Waals surface area contributed by atoms with Crippen molar-refractivity contribution in [2.75, 3.05) is 32.8 Å². The summed E-state index contributed by atoms with van der Waals surface area (Å²) in [5.41, 5.74) is 2.71. The fourth-order valence-corrected chi connectivity index (χ4v) is 5.08. The number of carboxylic acid groups (broad SMARTS) is 2. The molecule has 2 heterocycles. The van der Waals surface area contributed by atoms with Crippen molar-refractivity contribution in [2.24, 2.45) is 11.8 Å². The molecule has 2 aliphatic heterocycles. The lowest BCUT2D eigenvalue weighted by Gasteiger charge is -2.38. The molecule has 37 heavy (non-hydrogen) atoms. The maximum atomic E-state index is 13.2. The molecule has 8 nitrogen and oxygen atoms in total. The van der Waals surface area contributed by atoms with Crippen LogP contribution >= 0.6 is 0 Å². The Morgan fingerprint density at radius 3 is 2.11 bits per heavy atom. The number of hydrogen-bond acceptors (Lipinski definition) is 5. The molecule has 2 aromatic rings. The summed E-state index contributed by atoms with van der Waals surface area (Å²) in [6.07, 6.45) is 5.54. The van der Waals surface area contributed by atoms with E-state index >= 15 is 0 Å². The Balaban J connectivity index is 0.000000568. The van der Waals surface area contributed by atoms with E-state index in [1.165, 1.54) is 11.1 Å². The maximum Gasteiger partial charge on any atom is 0.414 e. The topological polar surface area (TPSA) is 107 Å². The largest absolute Gasteiger partial charge is 0.494 e. The van der Waals surface area contributed by atoms with Crippen LogP contribution in [0.1, 0.15) is 43.7 Å². The number of amides is 1. The van der Waals surface area contributed by atoms with Gasteiger partial charge in [0.25, 0.3) is 0 Å². The van der Waals surface area contributed by atoms with E-state index < -0.39 is 11.9 Å². The van der Waals surface area contributed by atoms with Gasteiger partial charge in [-0.15, -0.1) is 0 Å². The van der Waals surface area contributed by atoms with Crippen LogP contribution in [0.2, 0.25) is 0 Å². The number of carbonyl (C=O) groups excluding carboxylic acids is 1. The van der Waals surface area contributed by atoms with Crippen LogP contribution in [0.25, 0.3) is 0 Å². The van der Waals surface area contributed by atoms with E-state index in [1.807, 2.05) is 19.1 Å². The van der Waals surface area contributed by atoms with Gasteiger partial charge in [-0.05, 0) is 74.8 Å². The standard InChI is InChI=1S/C27H36N2O2.C2H2O4/c1-2-31-26-12-10-24(11-13-26)20-28-16-6-9-25(21-28)27(30)29-17-14-23(15-18-29)19-22-7-4-3-5-8-22;3-1(4)2(5)6/h3-5,7-8,10-13,23,25H,2,6,9,14-21H2,1H3;(H,3,4)(H,5,6). The zero-order chi connectivity index (χ0) is 26.6. The fraction of sp³-hybridized carbons (Fsp3) is 0.483. The Bertz CT molecular complexity index is 991. The van der Waals surface area contributed by atoms with Crippen LogP contribution < -0.4 is 4.74 Å². The maximum absolute atomic E-state index is 13.2. The van der Waals surface area contributed by atoms with Crippen molar-refractivity contribution >= 4 is 17.8 Å². The van der Waals surface area contributed by atoms with Gasteiger partial charge in [-0.2, -0.15) is 0 Å². The smallest absolute Gasteiger partial charge is 0.414 e. The fourth-order valence-electron chi connectivity index (χ4n) is 5.08. The summed E-state index contributed by atoms with van der Waals surface area (Å²) in [5, 5.41) is 14.8. The normalized spacial score (nSPS) is 18.4. The molecule has 2 aliphatic rings. The molecule has 4 rings (SSSR count). The quantitative estimate of drug-likeness (QED) is 0.544. The van der Waals surface area contributed by atoms with Gasteiger partial charge in [0.1, 0.15) is 5.75 Å². The first-order valence-electron chi connectivity index (χ1n) is 13.1. The summed E-state index contributed by atoms with van der Waals surface area (Å²) in [6, 6.07) is 19.1. The van der Waals surface area contributed by atoms with Crippen LogP contribution in [0.3, 0.4) is 0 Å². The van der Waals surface area contributed by atoms with Gasteiger partial charge in [0.2, 0.25) is 5.91 Å². The van der Waals surface area contributed by atoms with E-state index in [0.29, 0.717) is 18.4 Å². The second-order valence-electron chi connectivity index (χ2n) is 9.72. The monoisotopic (exact) mass is 510 g/mol.